The first-order chi connectivity index (χ1) is 7.40. The number of ether oxygens (including phenoxy) is 1. The van der Waals surface area contributed by atoms with Gasteiger partial charge in [0.1, 0.15) is 6.04 Å². The fourth-order valence-corrected chi connectivity index (χ4v) is 1.15. The maximum Gasteiger partial charge on any atom is 0.326 e. The fourth-order valence-electron chi connectivity index (χ4n) is 1.15. The number of carbonyl (C=O) groups is 2. The Labute approximate surface area is 95.1 Å². The summed E-state index contributed by atoms with van der Waals surface area (Å²) in [6.07, 6.45) is 0.368. The van der Waals surface area contributed by atoms with Gasteiger partial charge in [0.05, 0.1) is 6.04 Å². The van der Waals surface area contributed by atoms with E-state index in [0.717, 1.165) is 0 Å². The molecule has 0 aromatic heterocycles. The third-order valence-corrected chi connectivity index (χ3v) is 2.20. The molecule has 0 aromatic rings. The molecule has 0 fully saturated rings. The first-order valence-corrected chi connectivity index (χ1v) is 5.17. The second-order valence-corrected chi connectivity index (χ2v) is 3.96. The Morgan fingerprint density at radius 3 is 2.38 bits per heavy atom. The lowest BCUT2D eigenvalue weighted by Crippen LogP contribution is -2.50. The highest BCUT2D eigenvalue weighted by molar-refractivity contribution is 5.86. The van der Waals surface area contributed by atoms with Crippen molar-refractivity contribution in [3.63, 3.8) is 0 Å². The van der Waals surface area contributed by atoms with Crippen LogP contribution in [0.5, 0.6) is 0 Å². The Kier molecular flexibility index (Phi) is 6.67. The van der Waals surface area contributed by atoms with E-state index < -0.39 is 24.0 Å². The van der Waals surface area contributed by atoms with Crippen molar-refractivity contribution < 1.29 is 19.4 Å². The van der Waals surface area contributed by atoms with E-state index in [1.807, 2.05) is 0 Å². The summed E-state index contributed by atoms with van der Waals surface area (Å²) in [5.74, 6) is -1.70. The molecule has 6 heteroatoms. The van der Waals surface area contributed by atoms with E-state index in [1.165, 1.54) is 7.11 Å². The van der Waals surface area contributed by atoms with E-state index in [9.17, 15) is 9.59 Å². The Morgan fingerprint density at radius 1 is 1.44 bits per heavy atom. The van der Waals surface area contributed by atoms with E-state index in [1.54, 1.807) is 13.8 Å². The van der Waals surface area contributed by atoms with Gasteiger partial charge in [-0.1, -0.05) is 13.8 Å². The number of carboxylic acid groups (broad SMARTS) is 1. The average Bonchev–Trinajstić information content (AvgIpc) is 2.20. The molecule has 0 radical (unpaired) electrons. The molecule has 6 nitrogen and oxygen atoms in total. The predicted octanol–water partition coefficient (Wildman–Crippen LogP) is -0.424. The van der Waals surface area contributed by atoms with Crippen LogP contribution in [0.3, 0.4) is 0 Å². The second-order valence-electron chi connectivity index (χ2n) is 3.96. The maximum atomic E-state index is 11.5. The van der Waals surface area contributed by atoms with Gasteiger partial charge in [-0.05, 0) is 12.3 Å². The van der Waals surface area contributed by atoms with E-state index >= 15 is 0 Å². The zero-order chi connectivity index (χ0) is 12.7. The van der Waals surface area contributed by atoms with Gasteiger partial charge in [-0.2, -0.15) is 0 Å². The quantitative estimate of drug-likeness (QED) is 0.553. The SMILES string of the molecule is COCCC(N)C(=O)N[C@H](C(=O)O)C(C)C. The zero-order valence-electron chi connectivity index (χ0n) is 9.90. The van der Waals surface area contributed by atoms with Crippen molar-refractivity contribution in [2.45, 2.75) is 32.4 Å². The summed E-state index contributed by atoms with van der Waals surface area (Å²) in [6.45, 7) is 3.81. The Balaban J connectivity index is 4.24. The summed E-state index contributed by atoms with van der Waals surface area (Å²) in [5.41, 5.74) is 5.57. The summed E-state index contributed by atoms with van der Waals surface area (Å²) in [4.78, 5) is 22.3. The lowest BCUT2D eigenvalue weighted by molar-refractivity contribution is -0.143. The third kappa shape index (κ3) is 5.09. The number of methoxy groups -OCH3 is 1. The van der Waals surface area contributed by atoms with Crippen molar-refractivity contribution in [3.05, 3.63) is 0 Å². The Morgan fingerprint density at radius 2 is 2.00 bits per heavy atom. The van der Waals surface area contributed by atoms with Crippen LogP contribution >= 0.6 is 0 Å². The molecule has 4 N–H and O–H groups in total. The number of amides is 1. The molecular formula is C10H20N2O4. The minimum atomic E-state index is -1.05. The van der Waals surface area contributed by atoms with E-state index in [2.05, 4.69) is 5.32 Å². The summed E-state index contributed by atoms with van der Waals surface area (Å²) in [6, 6.07) is -1.64. The number of hydrogen-bond donors (Lipinski definition) is 3. The molecule has 0 aromatic carbocycles. The number of nitrogens with two attached hydrogens (primary N) is 1. The molecule has 94 valence electrons. The molecule has 0 aliphatic rings. The number of nitrogens with one attached hydrogen (secondary N) is 1. The number of carboxylic acids is 1. The number of aliphatic carboxylic acids is 1. The van der Waals surface area contributed by atoms with E-state index in [4.69, 9.17) is 15.6 Å². The highest BCUT2D eigenvalue weighted by Crippen LogP contribution is 2.02. The van der Waals surface area contributed by atoms with Crippen LogP contribution < -0.4 is 11.1 Å². The Bertz CT molecular complexity index is 243. The molecule has 0 saturated carbocycles. The molecule has 0 heterocycles. The lowest BCUT2D eigenvalue weighted by Gasteiger charge is -2.20. The summed E-state index contributed by atoms with van der Waals surface area (Å²) < 4.78 is 4.79. The molecule has 1 amide bonds. The minimum absolute atomic E-state index is 0.184. The van der Waals surface area contributed by atoms with Gasteiger partial charge in [-0.25, -0.2) is 4.79 Å². The van der Waals surface area contributed by atoms with Crippen molar-refractivity contribution in [1.29, 1.82) is 0 Å². The summed E-state index contributed by atoms with van der Waals surface area (Å²) in [5, 5.41) is 11.3. The molecule has 2 atom stereocenters. The predicted molar refractivity (Wildman–Crippen MR) is 58.9 cm³/mol. The topological polar surface area (TPSA) is 102 Å². The zero-order valence-corrected chi connectivity index (χ0v) is 9.90. The molecule has 0 aliphatic heterocycles. The molecule has 0 saturated heterocycles. The second kappa shape index (κ2) is 7.19. The number of hydrogen-bond acceptors (Lipinski definition) is 4. The number of carbonyl (C=O) groups excluding carboxylic acids is 1. The maximum absolute atomic E-state index is 11.5. The van der Waals surface area contributed by atoms with Crippen LogP contribution in [0.15, 0.2) is 0 Å². The normalized spacial score (nSPS) is 14.6. The van der Waals surface area contributed by atoms with Crippen LogP contribution in [0.4, 0.5) is 0 Å². The van der Waals surface area contributed by atoms with Gasteiger partial charge >= 0.3 is 5.97 Å². The molecule has 0 rings (SSSR count). The van der Waals surface area contributed by atoms with Crippen LogP contribution in [0.25, 0.3) is 0 Å². The van der Waals surface area contributed by atoms with Crippen molar-refractivity contribution in [2.75, 3.05) is 13.7 Å². The van der Waals surface area contributed by atoms with Gasteiger partial charge in [0.15, 0.2) is 0 Å². The minimum Gasteiger partial charge on any atom is -0.480 e. The highest BCUT2D eigenvalue weighted by Gasteiger charge is 2.25. The third-order valence-electron chi connectivity index (χ3n) is 2.20. The van der Waals surface area contributed by atoms with Crippen LogP contribution in [0.1, 0.15) is 20.3 Å². The molecular weight excluding hydrogens is 212 g/mol. The first kappa shape index (κ1) is 14.9. The smallest absolute Gasteiger partial charge is 0.326 e. The molecule has 1 unspecified atom stereocenters. The Hall–Kier alpha value is -1.14. The molecule has 0 spiro atoms. The van der Waals surface area contributed by atoms with Crippen LogP contribution in [0, 0.1) is 5.92 Å². The van der Waals surface area contributed by atoms with Crippen LogP contribution in [0.2, 0.25) is 0 Å². The standard InChI is InChI=1S/C10H20N2O4/c1-6(2)8(10(14)15)12-9(13)7(11)4-5-16-3/h6-8H,4-5,11H2,1-3H3,(H,12,13)(H,14,15)/t7?,8-/m0/s1. The molecule has 0 aliphatic carbocycles. The van der Waals surface area contributed by atoms with Crippen molar-refractivity contribution in [2.24, 2.45) is 11.7 Å². The van der Waals surface area contributed by atoms with Gasteiger partial charge in [-0.15, -0.1) is 0 Å². The number of rotatable bonds is 7. The van der Waals surface area contributed by atoms with Crippen molar-refractivity contribution in [3.8, 4) is 0 Å². The van der Waals surface area contributed by atoms with Gasteiger partial charge in [-0.3, -0.25) is 4.79 Å². The highest BCUT2D eigenvalue weighted by atomic mass is 16.5. The van der Waals surface area contributed by atoms with Gasteiger partial charge in [0.2, 0.25) is 5.91 Å². The monoisotopic (exact) mass is 232 g/mol. The fraction of sp³-hybridized carbons (Fsp3) is 0.800. The van der Waals surface area contributed by atoms with Crippen molar-refractivity contribution in [1.82, 2.24) is 5.32 Å². The van der Waals surface area contributed by atoms with Crippen LogP contribution in [-0.4, -0.2) is 42.8 Å². The average molecular weight is 232 g/mol. The van der Waals surface area contributed by atoms with Crippen molar-refractivity contribution >= 4 is 11.9 Å². The first-order valence-electron chi connectivity index (χ1n) is 5.17. The largest absolute Gasteiger partial charge is 0.480 e. The van der Waals surface area contributed by atoms with Gasteiger partial charge in [0.25, 0.3) is 0 Å². The summed E-state index contributed by atoms with van der Waals surface area (Å²) >= 11 is 0. The van der Waals surface area contributed by atoms with Crippen LogP contribution in [-0.2, 0) is 14.3 Å². The molecule has 0 bridgehead atoms. The van der Waals surface area contributed by atoms with Gasteiger partial charge < -0.3 is 20.9 Å². The summed E-state index contributed by atoms with van der Waals surface area (Å²) in [7, 11) is 1.51. The molecule has 16 heavy (non-hydrogen) atoms. The van der Waals surface area contributed by atoms with E-state index in [-0.39, 0.29) is 5.92 Å². The van der Waals surface area contributed by atoms with Gasteiger partial charge in [0, 0.05) is 13.7 Å². The lowest BCUT2D eigenvalue weighted by atomic mass is 10.0. The van der Waals surface area contributed by atoms with E-state index in [0.29, 0.717) is 13.0 Å².